The lowest BCUT2D eigenvalue weighted by atomic mass is 9.86. The molecule has 124 valence electrons. The summed E-state index contributed by atoms with van der Waals surface area (Å²) in [7, 11) is 1.78. The van der Waals surface area contributed by atoms with Crippen LogP contribution in [-0.2, 0) is 4.79 Å². The number of pyridine rings is 1. The highest BCUT2D eigenvalue weighted by Crippen LogP contribution is 2.45. The first kappa shape index (κ1) is 15.8. The number of hydrogen-bond donors (Lipinski definition) is 2. The number of aliphatic imine (C=N–C) groups is 1. The second-order valence-electron chi connectivity index (χ2n) is 6.57. The molecule has 0 atom stereocenters. The zero-order valence-electron chi connectivity index (χ0n) is 13.7. The lowest BCUT2D eigenvalue weighted by Gasteiger charge is -2.25. The maximum atomic E-state index is 12.0. The molecule has 0 bridgehead atoms. The Morgan fingerprint density at radius 1 is 1.39 bits per heavy atom. The van der Waals surface area contributed by atoms with Crippen LogP contribution in [0, 0.1) is 5.41 Å². The molecule has 1 saturated heterocycles. The minimum absolute atomic E-state index is 0.0890. The SMILES string of the molecule is CN=C(NCC(=O)Nc1cccnc1)N1CCC2(CCCC2)C1. The van der Waals surface area contributed by atoms with Crippen LogP contribution in [0.4, 0.5) is 5.69 Å². The summed E-state index contributed by atoms with van der Waals surface area (Å²) in [6, 6.07) is 3.62. The van der Waals surface area contributed by atoms with Crippen molar-refractivity contribution in [3.63, 3.8) is 0 Å². The molecule has 2 fully saturated rings. The van der Waals surface area contributed by atoms with Gasteiger partial charge in [-0.2, -0.15) is 0 Å². The van der Waals surface area contributed by atoms with E-state index in [1.807, 2.05) is 6.07 Å². The van der Waals surface area contributed by atoms with Gasteiger partial charge in [-0.25, -0.2) is 0 Å². The van der Waals surface area contributed by atoms with Crippen LogP contribution < -0.4 is 10.6 Å². The van der Waals surface area contributed by atoms with Gasteiger partial charge in [0.2, 0.25) is 5.91 Å². The van der Waals surface area contributed by atoms with E-state index in [4.69, 9.17) is 0 Å². The molecule has 1 amide bonds. The summed E-state index contributed by atoms with van der Waals surface area (Å²) in [6.07, 6.45) is 9.94. The van der Waals surface area contributed by atoms with Gasteiger partial charge < -0.3 is 15.5 Å². The first-order valence-corrected chi connectivity index (χ1v) is 8.36. The monoisotopic (exact) mass is 315 g/mol. The number of aromatic nitrogens is 1. The summed E-state index contributed by atoms with van der Waals surface area (Å²) in [5, 5.41) is 6.00. The third-order valence-electron chi connectivity index (χ3n) is 4.97. The van der Waals surface area contributed by atoms with Crippen molar-refractivity contribution in [2.75, 3.05) is 32.0 Å². The van der Waals surface area contributed by atoms with Crippen molar-refractivity contribution in [1.82, 2.24) is 15.2 Å². The van der Waals surface area contributed by atoms with Crippen molar-refractivity contribution < 1.29 is 4.79 Å². The van der Waals surface area contributed by atoms with E-state index in [-0.39, 0.29) is 12.5 Å². The molecule has 2 aliphatic rings. The van der Waals surface area contributed by atoms with Crippen LogP contribution >= 0.6 is 0 Å². The Kier molecular flexibility index (Phi) is 4.79. The molecule has 1 aromatic rings. The van der Waals surface area contributed by atoms with E-state index in [2.05, 4.69) is 25.5 Å². The van der Waals surface area contributed by atoms with Crippen molar-refractivity contribution in [3.8, 4) is 0 Å². The molecule has 0 unspecified atom stereocenters. The van der Waals surface area contributed by atoms with Gasteiger partial charge in [-0.15, -0.1) is 0 Å². The minimum Gasteiger partial charge on any atom is -0.347 e. The number of carbonyl (C=O) groups excluding carboxylic acids is 1. The van der Waals surface area contributed by atoms with Crippen LogP contribution in [0.25, 0.3) is 0 Å². The quantitative estimate of drug-likeness (QED) is 0.660. The minimum atomic E-state index is -0.0890. The number of nitrogens with one attached hydrogen (secondary N) is 2. The van der Waals surface area contributed by atoms with Gasteiger partial charge in [0.05, 0.1) is 18.4 Å². The Labute approximate surface area is 137 Å². The predicted octanol–water partition coefficient (Wildman–Crippen LogP) is 1.86. The summed E-state index contributed by atoms with van der Waals surface area (Å²) in [4.78, 5) is 22.6. The van der Waals surface area contributed by atoms with E-state index in [9.17, 15) is 4.79 Å². The Hall–Kier alpha value is -2.11. The molecule has 1 aliphatic carbocycles. The normalized spacial score (nSPS) is 20.0. The zero-order chi connectivity index (χ0) is 16.1. The predicted molar refractivity (Wildman–Crippen MR) is 91.3 cm³/mol. The molecular weight excluding hydrogens is 290 g/mol. The number of hydrogen-bond acceptors (Lipinski definition) is 3. The third-order valence-corrected chi connectivity index (χ3v) is 4.97. The number of rotatable bonds is 3. The van der Waals surface area contributed by atoms with Gasteiger partial charge in [-0.1, -0.05) is 12.8 Å². The van der Waals surface area contributed by atoms with Crippen molar-refractivity contribution in [2.45, 2.75) is 32.1 Å². The smallest absolute Gasteiger partial charge is 0.243 e. The van der Waals surface area contributed by atoms with Crippen LogP contribution in [0.1, 0.15) is 32.1 Å². The van der Waals surface area contributed by atoms with Crippen molar-refractivity contribution in [1.29, 1.82) is 0 Å². The molecule has 1 spiro atoms. The molecule has 1 saturated carbocycles. The van der Waals surface area contributed by atoms with E-state index in [1.165, 1.54) is 32.1 Å². The fourth-order valence-corrected chi connectivity index (χ4v) is 3.78. The summed E-state index contributed by atoms with van der Waals surface area (Å²) in [5.41, 5.74) is 1.20. The average Bonchev–Trinajstić information content (AvgIpc) is 3.20. The van der Waals surface area contributed by atoms with Crippen LogP contribution in [0.5, 0.6) is 0 Å². The second-order valence-corrected chi connectivity index (χ2v) is 6.57. The number of amides is 1. The molecule has 6 heteroatoms. The lowest BCUT2D eigenvalue weighted by molar-refractivity contribution is -0.115. The molecule has 1 aliphatic heterocycles. The van der Waals surface area contributed by atoms with Gasteiger partial charge in [0.15, 0.2) is 5.96 Å². The number of likely N-dealkylation sites (tertiary alicyclic amines) is 1. The van der Waals surface area contributed by atoms with Gasteiger partial charge in [0, 0.05) is 26.3 Å². The Morgan fingerprint density at radius 3 is 2.91 bits per heavy atom. The number of guanidine groups is 1. The van der Waals surface area contributed by atoms with Gasteiger partial charge >= 0.3 is 0 Å². The summed E-state index contributed by atoms with van der Waals surface area (Å²) < 4.78 is 0. The maximum absolute atomic E-state index is 12.0. The number of nitrogens with zero attached hydrogens (tertiary/aromatic N) is 3. The van der Waals surface area contributed by atoms with Gasteiger partial charge in [-0.05, 0) is 36.8 Å². The first-order valence-electron chi connectivity index (χ1n) is 8.36. The van der Waals surface area contributed by atoms with E-state index in [0.717, 1.165) is 19.0 Å². The number of anilines is 1. The molecule has 23 heavy (non-hydrogen) atoms. The molecule has 6 nitrogen and oxygen atoms in total. The summed E-state index contributed by atoms with van der Waals surface area (Å²) >= 11 is 0. The van der Waals surface area contributed by atoms with E-state index in [1.54, 1.807) is 25.5 Å². The van der Waals surface area contributed by atoms with Gasteiger partial charge in [0.25, 0.3) is 0 Å². The molecule has 0 aromatic carbocycles. The van der Waals surface area contributed by atoms with Crippen molar-refractivity contribution in [3.05, 3.63) is 24.5 Å². The highest BCUT2D eigenvalue weighted by molar-refractivity contribution is 5.94. The van der Waals surface area contributed by atoms with E-state index in [0.29, 0.717) is 11.1 Å². The molecule has 2 heterocycles. The second kappa shape index (κ2) is 6.98. The highest BCUT2D eigenvalue weighted by Gasteiger charge is 2.41. The Morgan fingerprint density at radius 2 is 2.22 bits per heavy atom. The first-order chi connectivity index (χ1) is 11.2. The summed E-state index contributed by atoms with van der Waals surface area (Å²) in [6.45, 7) is 2.31. The fraction of sp³-hybridized carbons (Fsp3) is 0.588. The third kappa shape index (κ3) is 3.81. The van der Waals surface area contributed by atoms with Crippen LogP contribution in [0.3, 0.4) is 0 Å². The van der Waals surface area contributed by atoms with Crippen LogP contribution in [0.15, 0.2) is 29.5 Å². The molecular formula is C17H25N5O. The average molecular weight is 315 g/mol. The highest BCUT2D eigenvalue weighted by atomic mass is 16.1. The van der Waals surface area contributed by atoms with E-state index >= 15 is 0 Å². The van der Waals surface area contributed by atoms with Gasteiger partial charge in [0.1, 0.15) is 0 Å². The molecule has 3 rings (SSSR count). The Balaban J connectivity index is 1.49. The zero-order valence-corrected chi connectivity index (χ0v) is 13.7. The molecule has 1 aromatic heterocycles. The maximum Gasteiger partial charge on any atom is 0.243 e. The van der Waals surface area contributed by atoms with Gasteiger partial charge in [-0.3, -0.25) is 14.8 Å². The fourth-order valence-electron chi connectivity index (χ4n) is 3.78. The van der Waals surface area contributed by atoms with Crippen LogP contribution in [0.2, 0.25) is 0 Å². The van der Waals surface area contributed by atoms with Crippen molar-refractivity contribution >= 4 is 17.6 Å². The molecule has 0 radical (unpaired) electrons. The topological polar surface area (TPSA) is 69.6 Å². The standard InChI is InChI=1S/C17H25N5O/c1-18-16(22-10-8-17(13-22)6-2-3-7-17)20-12-15(23)21-14-5-4-9-19-11-14/h4-5,9,11H,2-3,6-8,10,12-13H2,1H3,(H,18,20)(H,21,23). The molecule has 2 N–H and O–H groups in total. The Bertz CT molecular complexity index is 566. The summed E-state index contributed by atoms with van der Waals surface area (Å²) in [5.74, 6) is 0.740. The largest absolute Gasteiger partial charge is 0.347 e. The number of carbonyl (C=O) groups is 1. The van der Waals surface area contributed by atoms with Crippen LogP contribution in [-0.4, -0.2) is 48.4 Å². The van der Waals surface area contributed by atoms with Crippen molar-refractivity contribution in [2.24, 2.45) is 10.4 Å². The van der Waals surface area contributed by atoms with E-state index < -0.39 is 0 Å². The lowest BCUT2D eigenvalue weighted by Crippen LogP contribution is -2.44.